The van der Waals surface area contributed by atoms with Crippen molar-refractivity contribution in [2.24, 2.45) is 5.92 Å². The summed E-state index contributed by atoms with van der Waals surface area (Å²) in [5, 5.41) is 14.1. The molecule has 0 amide bonds. The van der Waals surface area contributed by atoms with Crippen molar-refractivity contribution in [3.8, 4) is 34.3 Å². The van der Waals surface area contributed by atoms with E-state index in [1.807, 2.05) is 19.1 Å². The highest BCUT2D eigenvalue weighted by atomic mass is 32.2. The Labute approximate surface area is 235 Å². The molecular weight excluding hydrogens is 502 g/mol. The number of aryl methyl sites for hydroxylation is 1. The maximum atomic E-state index is 10.9. The summed E-state index contributed by atoms with van der Waals surface area (Å²) >= 11 is 1.69. The Morgan fingerprint density at radius 2 is 1.79 bits per heavy atom. The molecule has 1 aromatic heterocycles. The molecule has 0 saturated heterocycles. The largest absolute Gasteiger partial charge is 0.507 e. The van der Waals surface area contributed by atoms with Gasteiger partial charge in [0.1, 0.15) is 11.5 Å². The Morgan fingerprint density at radius 3 is 2.56 bits per heavy atom. The SMILES string of the molecule is CCCCC(CC)CSc1nc(-c2ccc(OCC)cc2O)nc(-c2cc3ccccc3c3c2C=CCC3)n1. The van der Waals surface area contributed by atoms with Crippen LogP contribution in [0.4, 0.5) is 0 Å². The second kappa shape index (κ2) is 12.6. The molecule has 0 radical (unpaired) electrons. The van der Waals surface area contributed by atoms with E-state index >= 15 is 0 Å². The van der Waals surface area contributed by atoms with Gasteiger partial charge in [-0.1, -0.05) is 81.3 Å². The van der Waals surface area contributed by atoms with E-state index < -0.39 is 0 Å². The molecule has 0 aliphatic heterocycles. The summed E-state index contributed by atoms with van der Waals surface area (Å²) in [5.74, 6) is 3.43. The van der Waals surface area contributed by atoms with Crippen molar-refractivity contribution in [1.29, 1.82) is 0 Å². The molecule has 6 heteroatoms. The number of hydrogen-bond donors (Lipinski definition) is 1. The molecule has 3 aromatic carbocycles. The monoisotopic (exact) mass is 539 g/mol. The van der Waals surface area contributed by atoms with Crippen molar-refractivity contribution in [3.05, 3.63) is 65.7 Å². The fourth-order valence-corrected chi connectivity index (χ4v) is 6.31. The molecular formula is C33H37N3O2S. The first-order valence-corrected chi connectivity index (χ1v) is 15.2. The van der Waals surface area contributed by atoms with Gasteiger partial charge in [-0.05, 0) is 72.2 Å². The van der Waals surface area contributed by atoms with Gasteiger partial charge in [0.05, 0.1) is 12.2 Å². The zero-order valence-corrected chi connectivity index (χ0v) is 23.9. The van der Waals surface area contributed by atoms with Crippen molar-refractivity contribution >= 4 is 28.6 Å². The van der Waals surface area contributed by atoms with Gasteiger partial charge < -0.3 is 9.84 Å². The normalized spacial score (nSPS) is 13.4. The molecule has 39 heavy (non-hydrogen) atoms. The van der Waals surface area contributed by atoms with Crippen LogP contribution in [0.3, 0.4) is 0 Å². The molecule has 5 nitrogen and oxygen atoms in total. The number of fused-ring (bicyclic) bond motifs is 3. The van der Waals surface area contributed by atoms with E-state index in [0.717, 1.165) is 30.6 Å². The summed E-state index contributed by atoms with van der Waals surface area (Å²) in [5.41, 5.74) is 4.11. The summed E-state index contributed by atoms with van der Waals surface area (Å²) in [4.78, 5) is 14.8. The lowest BCUT2D eigenvalue weighted by molar-refractivity contribution is 0.338. The van der Waals surface area contributed by atoms with Crippen LogP contribution in [-0.4, -0.2) is 32.4 Å². The summed E-state index contributed by atoms with van der Waals surface area (Å²) in [6.07, 6.45) is 11.3. The zero-order valence-electron chi connectivity index (χ0n) is 23.1. The number of allylic oxidation sites excluding steroid dienone is 1. The van der Waals surface area contributed by atoms with E-state index in [1.54, 1.807) is 17.8 Å². The zero-order chi connectivity index (χ0) is 27.2. The molecule has 1 unspecified atom stereocenters. The lowest BCUT2D eigenvalue weighted by Crippen LogP contribution is -2.06. The number of unbranched alkanes of at least 4 members (excludes halogenated alkanes) is 1. The fourth-order valence-electron chi connectivity index (χ4n) is 5.22. The van der Waals surface area contributed by atoms with Gasteiger partial charge in [-0.25, -0.2) is 15.0 Å². The molecule has 1 heterocycles. The van der Waals surface area contributed by atoms with Crippen molar-refractivity contribution in [2.45, 2.75) is 64.5 Å². The molecule has 0 spiro atoms. The third-order valence-corrected chi connectivity index (χ3v) is 8.49. The molecule has 0 bridgehead atoms. The molecule has 0 saturated carbocycles. The maximum absolute atomic E-state index is 10.9. The van der Waals surface area contributed by atoms with Crippen LogP contribution in [0.1, 0.15) is 64.0 Å². The average Bonchev–Trinajstić information content (AvgIpc) is 2.97. The van der Waals surface area contributed by atoms with Gasteiger partial charge in [0, 0.05) is 17.4 Å². The highest BCUT2D eigenvalue weighted by Gasteiger charge is 2.20. The highest BCUT2D eigenvalue weighted by molar-refractivity contribution is 7.99. The van der Waals surface area contributed by atoms with Crippen LogP contribution in [0.25, 0.3) is 39.6 Å². The average molecular weight is 540 g/mol. The quantitative estimate of drug-likeness (QED) is 0.192. The number of nitrogens with zero attached hydrogens (tertiary/aromatic N) is 3. The Balaban J connectivity index is 1.62. The van der Waals surface area contributed by atoms with Crippen molar-refractivity contribution in [2.75, 3.05) is 12.4 Å². The van der Waals surface area contributed by atoms with Crippen molar-refractivity contribution in [1.82, 2.24) is 15.0 Å². The van der Waals surface area contributed by atoms with Gasteiger partial charge in [-0.2, -0.15) is 0 Å². The molecule has 202 valence electrons. The van der Waals surface area contributed by atoms with Gasteiger partial charge in [-0.3, -0.25) is 0 Å². The number of thioether (sulfide) groups is 1. The predicted octanol–water partition coefficient (Wildman–Crippen LogP) is 8.73. The lowest BCUT2D eigenvalue weighted by atomic mass is 9.88. The Bertz CT molecular complexity index is 1480. The Morgan fingerprint density at radius 1 is 0.974 bits per heavy atom. The van der Waals surface area contributed by atoms with Crippen LogP contribution < -0.4 is 4.74 Å². The van der Waals surface area contributed by atoms with Crippen LogP contribution in [0.5, 0.6) is 11.5 Å². The number of ether oxygens (including phenoxy) is 1. The third-order valence-electron chi connectivity index (χ3n) is 7.41. The van der Waals surface area contributed by atoms with E-state index in [9.17, 15) is 5.11 Å². The van der Waals surface area contributed by atoms with E-state index in [1.165, 1.54) is 41.2 Å². The van der Waals surface area contributed by atoms with E-state index in [4.69, 9.17) is 19.7 Å². The van der Waals surface area contributed by atoms with E-state index in [2.05, 4.69) is 56.3 Å². The second-order valence-electron chi connectivity index (χ2n) is 10.1. The smallest absolute Gasteiger partial charge is 0.191 e. The number of phenolic OH excluding ortho intramolecular Hbond substituents is 1. The maximum Gasteiger partial charge on any atom is 0.191 e. The number of aromatic nitrogens is 3. The number of hydrogen-bond acceptors (Lipinski definition) is 6. The topological polar surface area (TPSA) is 68.1 Å². The van der Waals surface area contributed by atoms with Gasteiger partial charge in [0.2, 0.25) is 0 Å². The number of phenols is 1. The van der Waals surface area contributed by atoms with Crippen LogP contribution in [0.2, 0.25) is 0 Å². The van der Waals surface area contributed by atoms with Gasteiger partial charge >= 0.3 is 0 Å². The van der Waals surface area contributed by atoms with Gasteiger partial charge in [0.25, 0.3) is 0 Å². The van der Waals surface area contributed by atoms with Crippen molar-refractivity contribution < 1.29 is 9.84 Å². The minimum atomic E-state index is 0.101. The molecule has 1 atom stereocenters. The Hall–Kier alpha value is -3.38. The minimum absolute atomic E-state index is 0.101. The first-order valence-electron chi connectivity index (χ1n) is 14.2. The number of aromatic hydroxyl groups is 1. The summed E-state index contributed by atoms with van der Waals surface area (Å²) in [7, 11) is 0. The van der Waals surface area contributed by atoms with Crippen LogP contribution >= 0.6 is 11.8 Å². The molecule has 1 aliphatic rings. The predicted molar refractivity (Wildman–Crippen MR) is 162 cm³/mol. The molecule has 1 aliphatic carbocycles. The Kier molecular flexibility index (Phi) is 8.82. The van der Waals surface area contributed by atoms with E-state index in [0.29, 0.717) is 40.6 Å². The van der Waals surface area contributed by atoms with Crippen LogP contribution in [0.15, 0.2) is 59.8 Å². The van der Waals surface area contributed by atoms with Crippen LogP contribution in [-0.2, 0) is 6.42 Å². The minimum Gasteiger partial charge on any atom is -0.507 e. The summed E-state index contributed by atoms with van der Waals surface area (Å²) in [6.45, 7) is 6.96. The lowest BCUT2D eigenvalue weighted by Gasteiger charge is -2.19. The van der Waals surface area contributed by atoms with Gasteiger partial charge in [0.15, 0.2) is 16.8 Å². The van der Waals surface area contributed by atoms with Gasteiger partial charge in [-0.15, -0.1) is 0 Å². The highest BCUT2D eigenvalue weighted by Crippen LogP contribution is 2.38. The first kappa shape index (κ1) is 27.2. The third kappa shape index (κ3) is 6.11. The molecule has 4 aromatic rings. The number of rotatable bonds is 11. The molecule has 5 rings (SSSR count). The van der Waals surface area contributed by atoms with E-state index in [-0.39, 0.29) is 5.75 Å². The first-order chi connectivity index (χ1) is 19.1. The molecule has 1 N–H and O–H groups in total. The fraction of sp³-hybridized carbons (Fsp3) is 0.364. The number of benzene rings is 3. The second-order valence-corrected chi connectivity index (χ2v) is 11.1. The van der Waals surface area contributed by atoms with Crippen LogP contribution in [0, 0.1) is 5.92 Å². The molecule has 0 fully saturated rings. The summed E-state index contributed by atoms with van der Waals surface area (Å²) < 4.78 is 5.58. The standard InChI is InChI=1S/C33H37N3O2S/c1-4-7-12-22(5-2)21-39-33-35-31(28-18-17-24(38-6-3)20-30(28)37)34-32(36-33)29-19-23-13-8-9-14-25(23)26-15-10-11-16-27(26)29/h8-9,11,13-14,16-20,22,37H,4-7,10,12,15,21H2,1-3H3. The summed E-state index contributed by atoms with van der Waals surface area (Å²) in [6, 6.07) is 16.1. The van der Waals surface area contributed by atoms with Crippen molar-refractivity contribution in [3.63, 3.8) is 0 Å².